The Morgan fingerprint density at radius 1 is 1.14 bits per heavy atom. The SMILES string of the molecule is CC(=O)N[C@H](Cc1ccccc1)C(=O)N1CCC[C@H]1C(=O)N[C@@H](CCCn1ccnc1)B1O[C@@H]2CC3CC(C3(C)C)[C@]2(C)O1. The molecule has 7 rings (SSSR count). The predicted octanol–water partition coefficient (Wildman–Crippen LogP) is 3.15. The minimum Gasteiger partial charge on any atom is -0.404 e. The first-order valence-electron chi connectivity index (χ1n) is 16.3. The van der Waals surface area contributed by atoms with Crippen LogP contribution in [0.25, 0.3) is 0 Å². The van der Waals surface area contributed by atoms with Gasteiger partial charge in [0.1, 0.15) is 12.1 Å². The van der Waals surface area contributed by atoms with Crippen LogP contribution in [0.3, 0.4) is 0 Å². The van der Waals surface area contributed by atoms with Crippen molar-refractivity contribution in [3.8, 4) is 0 Å². The Balaban J connectivity index is 1.16. The Kier molecular flexibility index (Phi) is 8.63. The van der Waals surface area contributed by atoms with Gasteiger partial charge in [0.2, 0.25) is 17.7 Å². The van der Waals surface area contributed by atoms with Crippen molar-refractivity contribution < 1.29 is 23.7 Å². The van der Waals surface area contributed by atoms with Crippen LogP contribution >= 0.6 is 0 Å². The first kappa shape index (κ1) is 30.8. The summed E-state index contributed by atoms with van der Waals surface area (Å²) in [6.07, 6.45) is 10.8. The van der Waals surface area contributed by atoms with E-state index in [4.69, 9.17) is 9.31 Å². The lowest BCUT2D eigenvalue weighted by molar-refractivity contribution is -0.199. The molecule has 2 bridgehead atoms. The molecule has 1 aromatic heterocycles. The van der Waals surface area contributed by atoms with E-state index < -0.39 is 19.2 Å². The van der Waals surface area contributed by atoms with Crippen molar-refractivity contribution in [3.63, 3.8) is 0 Å². The van der Waals surface area contributed by atoms with E-state index in [1.807, 2.05) is 41.1 Å². The molecule has 2 saturated heterocycles. The molecule has 44 heavy (non-hydrogen) atoms. The molecule has 3 amide bonds. The number of carbonyl (C=O) groups excluding carboxylic acids is 3. The zero-order chi connectivity index (χ0) is 31.1. The van der Waals surface area contributed by atoms with Crippen molar-refractivity contribution >= 4 is 24.8 Å². The number of carbonyl (C=O) groups is 3. The smallest absolute Gasteiger partial charge is 0.404 e. The number of hydrogen-bond acceptors (Lipinski definition) is 6. The zero-order valence-electron chi connectivity index (χ0n) is 26.4. The molecule has 5 aliphatic rings. The fourth-order valence-corrected chi connectivity index (χ4v) is 8.34. The molecule has 3 saturated carbocycles. The normalized spacial score (nSPS) is 29.8. The second-order valence-electron chi connectivity index (χ2n) is 14.0. The fraction of sp³-hybridized carbons (Fsp3) is 0.636. The maximum atomic E-state index is 14.0. The van der Waals surface area contributed by atoms with E-state index in [1.165, 1.54) is 6.92 Å². The van der Waals surface area contributed by atoms with Crippen LogP contribution in [0.2, 0.25) is 0 Å². The van der Waals surface area contributed by atoms with E-state index in [-0.39, 0.29) is 40.8 Å². The van der Waals surface area contributed by atoms with Crippen LogP contribution in [0.4, 0.5) is 0 Å². The Bertz CT molecular complexity index is 1340. The second-order valence-corrected chi connectivity index (χ2v) is 14.0. The van der Waals surface area contributed by atoms with Gasteiger partial charge in [0.15, 0.2) is 0 Å². The summed E-state index contributed by atoms with van der Waals surface area (Å²) in [5.74, 6) is -0.00306. The lowest BCUT2D eigenvalue weighted by Gasteiger charge is -2.64. The van der Waals surface area contributed by atoms with Crippen LogP contribution in [0.1, 0.15) is 71.8 Å². The van der Waals surface area contributed by atoms with Gasteiger partial charge in [-0.3, -0.25) is 14.4 Å². The molecule has 2 aromatic rings. The molecule has 11 heteroatoms. The number of amides is 3. The van der Waals surface area contributed by atoms with Gasteiger partial charge in [0.05, 0.1) is 24.0 Å². The molecule has 2 aliphatic heterocycles. The molecular formula is C33H46BN5O5. The molecule has 3 aliphatic carbocycles. The summed E-state index contributed by atoms with van der Waals surface area (Å²) < 4.78 is 15.4. The lowest BCUT2D eigenvalue weighted by Crippen LogP contribution is -2.65. The van der Waals surface area contributed by atoms with Gasteiger partial charge in [-0.15, -0.1) is 0 Å². The molecule has 2 unspecified atom stereocenters. The second kappa shape index (κ2) is 12.3. The number of nitrogens with one attached hydrogen (secondary N) is 2. The molecular weight excluding hydrogens is 557 g/mol. The number of nitrogens with zero attached hydrogens (tertiary/aromatic N) is 3. The highest BCUT2D eigenvalue weighted by molar-refractivity contribution is 6.47. The van der Waals surface area contributed by atoms with Gasteiger partial charge in [-0.25, -0.2) is 4.98 Å². The minimum absolute atomic E-state index is 0.0123. The quantitative estimate of drug-likeness (QED) is 0.382. The predicted molar refractivity (Wildman–Crippen MR) is 166 cm³/mol. The van der Waals surface area contributed by atoms with Crippen molar-refractivity contribution in [1.82, 2.24) is 25.1 Å². The average Bonchev–Trinajstić information content (AvgIpc) is 3.75. The number of imidazole rings is 1. The Labute approximate surface area is 260 Å². The standard InChI is InChI=1S/C33H46BN5O5/c1-22(40)36-25(18-23-10-6-5-7-11-23)31(42)39-16-8-12-26(39)30(41)37-29(13-9-15-38-17-14-35-21-38)34-43-28-20-24-19-27(32(24,2)3)33(28,4)44-34/h5-7,10-11,14,17,21,24-29H,8-9,12-13,15-16,18-20H2,1-4H3,(H,36,40)(H,37,41)/t24?,25-,26+,27?,28-,29+,33+/m1/s1. The Hall–Kier alpha value is -3.18. The van der Waals surface area contributed by atoms with E-state index >= 15 is 0 Å². The van der Waals surface area contributed by atoms with Crippen LogP contribution in [0, 0.1) is 17.3 Å². The van der Waals surface area contributed by atoms with Gasteiger partial charge in [-0.05, 0) is 68.3 Å². The highest BCUT2D eigenvalue weighted by Crippen LogP contribution is 2.65. The molecule has 2 N–H and O–H groups in total. The number of likely N-dealkylation sites (tertiary alicyclic amines) is 1. The lowest BCUT2D eigenvalue weighted by atomic mass is 9.43. The monoisotopic (exact) mass is 603 g/mol. The third-order valence-electron chi connectivity index (χ3n) is 10.9. The summed E-state index contributed by atoms with van der Waals surface area (Å²) in [6, 6.07) is 8.27. The van der Waals surface area contributed by atoms with Gasteiger partial charge < -0.3 is 29.4 Å². The van der Waals surface area contributed by atoms with E-state index in [9.17, 15) is 14.4 Å². The number of hydrogen-bond donors (Lipinski definition) is 2. The Morgan fingerprint density at radius 2 is 1.93 bits per heavy atom. The largest absolute Gasteiger partial charge is 0.481 e. The van der Waals surface area contributed by atoms with Crippen molar-refractivity contribution in [2.75, 3.05) is 6.54 Å². The van der Waals surface area contributed by atoms with E-state index in [1.54, 1.807) is 17.4 Å². The average molecular weight is 604 g/mol. The van der Waals surface area contributed by atoms with Crippen LogP contribution in [-0.4, -0.2) is 75.6 Å². The van der Waals surface area contributed by atoms with Crippen molar-refractivity contribution in [1.29, 1.82) is 0 Å². The van der Waals surface area contributed by atoms with Crippen LogP contribution in [0.15, 0.2) is 49.1 Å². The highest BCUT2D eigenvalue weighted by Gasteiger charge is 2.68. The van der Waals surface area contributed by atoms with Crippen molar-refractivity contribution in [3.05, 3.63) is 54.6 Å². The third-order valence-corrected chi connectivity index (χ3v) is 10.9. The maximum absolute atomic E-state index is 14.0. The topological polar surface area (TPSA) is 115 Å². The van der Waals surface area contributed by atoms with Gasteiger partial charge in [0, 0.05) is 38.8 Å². The summed E-state index contributed by atoms with van der Waals surface area (Å²) in [5, 5.41) is 6.11. The van der Waals surface area contributed by atoms with Crippen molar-refractivity contribution in [2.24, 2.45) is 17.3 Å². The molecule has 7 atom stereocenters. The minimum atomic E-state index is -0.742. The van der Waals surface area contributed by atoms with Crippen LogP contribution in [-0.2, 0) is 36.7 Å². The zero-order valence-corrected chi connectivity index (χ0v) is 26.4. The number of aryl methyl sites for hydroxylation is 1. The van der Waals surface area contributed by atoms with E-state index in [0.717, 1.165) is 37.8 Å². The molecule has 1 aromatic carbocycles. The summed E-state index contributed by atoms with van der Waals surface area (Å²) in [6.45, 7) is 9.53. The first-order chi connectivity index (χ1) is 21.1. The molecule has 3 heterocycles. The number of benzene rings is 1. The number of rotatable bonds is 11. The maximum Gasteiger partial charge on any atom is 0.481 e. The fourth-order valence-electron chi connectivity index (χ4n) is 8.34. The van der Waals surface area contributed by atoms with E-state index in [0.29, 0.717) is 37.6 Å². The summed E-state index contributed by atoms with van der Waals surface area (Å²) >= 11 is 0. The third kappa shape index (κ3) is 5.93. The highest BCUT2D eigenvalue weighted by atomic mass is 16.7. The van der Waals surface area contributed by atoms with Gasteiger partial charge in [-0.2, -0.15) is 0 Å². The molecule has 5 fully saturated rings. The van der Waals surface area contributed by atoms with Gasteiger partial charge >= 0.3 is 7.12 Å². The Morgan fingerprint density at radius 3 is 2.64 bits per heavy atom. The molecule has 236 valence electrons. The summed E-state index contributed by atoms with van der Waals surface area (Å²) in [4.78, 5) is 45.7. The van der Waals surface area contributed by atoms with Crippen LogP contribution in [0.5, 0.6) is 0 Å². The molecule has 10 nitrogen and oxygen atoms in total. The van der Waals surface area contributed by atoms with Crippen LogP contribution < -0.4 is 10.6 Å². The van der Waals surface area contributed by atoms with Gasteiger partial charge in [0.25, 0.3) is 0 Å². The molecule has 0 spiro atoms. The van der Waals surface area contributed by atoms with E-state index in [2.05, 4.69) is 36.4 Å². The van der Waals surface area contributed by atoms with Gasteiger partial charge in [-0.1, -0.05) is 44.2 Å². The summed E-state index contributed by atoms with van der Waals surface area (Å²) in [5.41, 5.74) is 0.789. The van der Waals surface area contributed by atoms with Crippen molar-refractivity contribution in [2.45, 2.75) is 109 Å². The molecule has 0 radical (unpaired) electrons. The number of aromatic nitrogens is 2. The first-order valence-corrected chi connectivity index (χ1v) is 16.3. The summed E-state index contributed by atoms with van der Waals surface area (Å²) in [7, 11) is -0.553.